The Balaban J connectivity index is 2.57. The molecule has 6 nitrogen and oxygen atoms in total. The Hall–Kier alpha value is -2.59. The number of nitrogens with one attached hydrogen (secondary N) is 2. The van der Waals surface area contributed by atoms with Gasteiger partial charge in [0.25, 0.3) is 5.66 Å². The van der Waals surface area contributed by atoms with Crippen LogP contribution in [-0.2, 0) is 19.6 Å². The number of rotatable bonds is 8. The van der Waals surface area contributed by atoms with Crippen LogP contribution in [0.15, 0.2) is 59.5 Å². The number of alkyl halides is 3. The van der Waals surface area contributed by atoms with Crippen molar-refractivity contribution in [3.8, 4) is 0 Å². The summed E-state index contributed by atoms with van der Waals surface area (Å²) in [4.78, 5) is 12.0. The van der Waals surface area contributed by atoms with Crippen molar-refractivity contribution >= 4 is 21.7 Å². The number of carbonyl (C=O) groups is 1. The van der Waals surface area contributed by atoms with Gasteiger partial charge >= 0.3 is 12.1 Å². The Kier molecular flexibility index (Phi) is 7.14. The Bertz CT molecular complexity index is 962. The SMILES string of the molecule is CCOC(=O)C(Nc1ccc(C(C)C)cc1)(NS(=O)(=O)c1ccccc1)C(F)(F)F. The molecular weight excluding hydrogens is 421 g/mol. The number of esters is 1. The number of ether oxygens (including phenoxy) is 1. The second-order valence-corrected chi connectivity index (χ2v) is 8.47. The molecule has 2 aromatic carbocycles. The van der Waals surface area contributed by atoms with Gasteiger partial charge in [-0.3, -0.25) is 0 Å². The number of sulfonamides is 1. The van der Waals surface area contributed by atoms with Crippen molar-refractivity contribution in [1.82, 2.24) is 4.72 Å². The van der Waals surface area contributed by atoms with Crippen LogP contribution in [0.1, 0.15) is 32.3 Å². The molecule has 0 saturated carbocycles. The molecule has 1 unspecified atom stereocenters. The number of hydrogen-bond acceptors (Lipinski definition) is 5. The molecule has 0 saturated heterocycles. The first-order valence-electron chi connectivity index (χ1n) is 9.14. The fourth-order valence-electron chi connectivity index (χ4n) is 2.63. The highest BCUT2D eigenvalue weighted by molar-refractivity contribution is 7.89. The molecule has 0 radical (unpaired) electrons. The normalized spacial score (nSPS) is 14.2. The average Bonchev–Trinajstić information content (AvgIpc) is 2.67. The molecule has 0 heterocycles. The fraction of sp³-hybridized carbons (Fsp3) is 0.350. The second-order valence-electron chi connectivity index (χ2n) is 6.79. The maximum absolute atomic E-state index is 14.2. The van der Waals surface area contributed by atoms with E-state index in [1.165, 1.54) is 42.0 Å². The van der Waals surface area contributed by atoms with Crippen LogP contribution in [-0.4, -0.2) is 32.8 Å². The van der Waals surface area contributed by atoms with Gasteiger partial charge in [0.05, 0.1) is 11.5 Å². The molecule has 30 heavy (non-hydrogen) atoms. The van der Waals surface area contributed by atoms with Crippen LogP contribution >= 0.6 is 0 Å². The maximum atomic E-state index is 14.2. The van der Waals surface area contributed by atoms with Crippen LogP contribution in [0.4, 0.5) is 18.9 Å². The van der Waals surface area contributed by atoms with E-state index in [1.54, 1.807) is 12.1 Å². The lowest BCUT2D eigenvalue weighted by Crippen LogP contribution is -2.69. The summed E-state index contributed by atoms with van der Waals surface area (Å²) >= 11 is 0. The minimum atomic E-state index is -5.36. The van der Waals surface area contributed by atoms with Gasteiger partial charge in [0.1, 0.15) is 0 Å². The second kappa shape index (κ2) is 9.05. The molecule has 2 N–H and O–H groups in total. The van der Waals surface area contributed by atoms with Crippen LogP contribution < -0.4 is 10.0 Å². The molecule has 0 amide bonds. The van der Waals surface area contributed by atoms with E-state index in [1.807, 2.05) is 19.2 Å². The van der Waals surface area contributed by atoms with Gasteiger partial charge in [-0.2, -0.15) is 17.9 Å². The van der Waals surface area contributed by atoms with Crippen molar-refractivity contribution in [2.45, 2.75) is 43.4 Å². The van der Waals surface area contributed by atoms with Gasteiger partial charge in [0.2, 0.25) is 10.0 Å². The van der Waals surface area contributed by atoms with Crippen molar-refractivity contribution in [2.24, 2.45) is 0 Å². The number of carbonyl (C=O) groups excluding carboxylic acids is 1. The molecule has 0 aliphatic carbocycles. The van der Waals surface area contributed by atoms with Crippen LogP contribution in [0.25, 0.3) is 0 Å². The Labute approximate surface area is 173 Å². The van der Waals surface area contributed by atoms with Crippen LogP contribution in [0.5, 0.6) is 0 Å². The van der Waals surface area contributed by atoms with E-state index in [-0.39, 0.29) is 18.2 Å². The lowest BCUT2D eigenvalue weighted by atomic mass is 10.0. The van der Waals surface area contributed by atoms with Crippen LogP contribution in [0.3, 0.4) is 0 Å². The quantitative estimate of drug-likeness (QED) is 0.475. The van der Waals surface area contributed by atoms with Gasteiger partial charge < -0.3 is 10.1 Å². The van der Waals surface area contributed by atoms with Gasteiger partial charge in [-0.15, -0.1) is 0 Å². The number of benzene rings is 2. The Morgan fingerprint density at radius 2 is 1.60 bits per heavy atom. The highest BCUT2D eigenvalue weighted by Crippen LogP contribution is 2.35. The fourth-order valence-corrected chi connectivity index (χ4v) is 3.92. The van der Waals surface area contributed by atoms with E-state index in [2.05, 4.69) is 4.74 Å². The van der Waals surface area contributed by atoms with E-state index in [0.717, 1.165) is 17.7 Å². The van der Waals surface area contributed by atoms with Gasteiger partial charge in [0, 0.05) is 5.69 Å². The maximum Gasteiger partial charge on any atom is 0.437 e. The third-order valence-corrected chi connectivity index (χ3v) is 5.72. The van der Waals surface area contributed by atoms with Crippen molar-refractivity contribution in [3.05, 3.63) is 60.2 Å². The van der Waals surface area contributed by atoms with Crippen molar-refractivity contribution < 1.29 is 31.1 Å². The van der Waals surface area contributed by atoms with E-state index < -0.39 is 32.7 Å². The number of halogens is 3. The van der Waals surface area contributed by atoms with E-state index in [9.17, 15) is 26.4 Å². The molecule has 0 aliphatic heterocycles. The lowest BCUT2D eigenvalue weighted by molar-refractivity contribution is -0.202. The molecule has 0 aliphatic rings. The van der Waals surface area contributed by atoms with E-state index in [4.69, 9.17) is 0 Å². The summed E-state index contributed by atoms with van der Waals surface area (Å²) in [6.07, 6.45) is -5.36. The zero-order valence-corrected chi connectivity index (χ0v) is 17.5. The zero-order chi connectivity index (χ0) is 22.6. The third kappa shape index (κ3) is 5.11. The van der Waals surface area contributed by atoms with Gasteiger partial charge in [-0.1, -0.05) is 44.2 Å². The number of hydrogen-bond donors (Lipinski definition) is 2. The van der Waals surface area contributed by atoms with Crippen molar-refractivity contribution in [1.29, 1.82) is 0 Å². The summed E-state index contributed by atoms with van der Waals surface area (Å²) in [5, 5.41) is 2.02. The van der Waals surface area contributed by atoms with Crippen molar-refractivity contribution in [2.75, 3.05) is 11.9 Å². The van der Waals surface area contributed by atoms with Gasteiger partial charge in [-0.25, -0.2) is 13.2 Å². The molecule has 2 aromatic rings. The largest absolute Gasteiger partial charge is 0.463 e. The first-order valence-corrected chi connectivity index (χ1v) is 10.6. The van der Waals surface area contributed by atoms with E-state index in [0.29, 0.717) is 0 Å². The molecule has 164 valence electrons. The summed E-state index contributed by atoms with van der Waals surface area (Å²) < 4.78 is 74.0. The summed E-state index contributed by atoms with van der Waals surface area (Å²) in [5.41, 5.74) is -2.98. The molecule has 2 rings (SSSR count). The molecule has 0 aromatic heterocycles. The van der Waals surface area contributed by atoms with Crippen LogP contribution in [0, 0.1) is 0 Å². The first-order chi connectivity index (χ1) is 13.9. The van der Waals surface area contributed by atoms with Gasteiger partial charge in [-0.05, 0) is 42.7 Å². The standard InChI is InChI=1S/C20H23F3N2O4S/c1-4-29-18(26)19(20(21,22)23,24-16-12-10-15(11-13-16)14(2)3)25-30(27,28)17-8-6-5-7-9-17/h5-14,24-25H,4H2,1-3H3. The Morgan fingerprint density at radius 3 is 2.07 bits per heavy atom. The lowest BCUT2D eigenvalue weighted by Gasteiger charge is -2.35. The summed E-state index contributed by atoms with van der Waals surface area (Å²) in [5.74, 6) is -1.68. The van der Waals surface area contributed by atoms with Crippen molar-refractivity contribution in [3.63, 3.8) is 0 Å². The first kappa shape index (κ1) is 23.7. The van der Waals surface area contributed by atoms with Gasteiger partial charge in [0.15, 0.2) is 0 Å². The predicted octanol–water partition coefficient (Wildman–Crippen LogP) is 4.02. The highest BCUT2D eigenvalue weighted by Gasteiger charge is 2.64. The average molecular weight is 444 g/mol. The minimum absolute atomic E-state index is 0.111. The Morgan fingerprint density at radius 1 is 1.03 bits per heavy atom. The summed E-state index contributed by atoms with van der Waals surface area (Å²) in [6, 6.07) is 12.3. The van der Waals surface area contributed by atoms with E-state index >= 15 is 0 Å². The minimum Gasteiger partial charge on any atom is -0.463 e. The molecular formula is C20H23F3N2O4S. The molecule has 1 atom stereocenters. The topological polar surface area (TPSA) is 84.5 Å². The monoisotopic (exact) mass is 444 g/mol. The molecule has 10 heteroatoms. The molecule has 0 bridgehead atoms. The molecule has 0 fully saturated rings. The predicted molar refractivity (Wildman–Crippen MR) is 106 cm³/mol. The number of anilines is 1. The van der Waals surface area contributed by atoms with Crippen LogP contribution in [0.2, 0.25) is 0 Å². The third-order valence-electron chi connectivity index (χ3n) is 4.26. The molecule has 0 spiro atoms. The highest BCUT2D eigenvalue weighted by atomic mass is 32.2. The summed E-state index contributed by atoms with van der Waals surface area (Å²) in [7, 11) is -4.74. The smallest absolute Gasteiger partial charge is 0.437 e. The summed E-state index contributed by atoms with van der Waals surface area (Å²) in [6.45, 7) is 4.77. The zero-order valence-electron chi connectivity index (χ0n) is 16.7.